The fourth-order valence-electron chi connectivity index (χ4n) is 1.20. The maximum absolute atomic E-state index is 10.8. The second kappa shape index (κ2) is 5.39. The van der Waals surface area contributed by atoms with Crippen LogP contribution in [0.3, 0.4) is 0 Å². The first kappa shape index (κ1) is 12.6. The van der Waals surface area contributed by atoms with Crippen LogP contribution < -0.4 is 5.73 Å². The highest BCUT2D eigenvalue weighted by atomic mass is 28.3. The van der Waals surface area contributed by atoms with Gasteiger partial charge in [0.1, 0.15) is 0 Å². The second-order valence-electron chi connectivity index (χ2n) is 4.71. The zero-order valence-electron chi connectivity index (χ0n) is 8.84. The van der Waals surface area contributed by atoms with Crippen molar-refractivity contribution in [2.75, 3.05) is 6.54 Å². The first-order valence-corrected chi connectivity index (χ1v) is 8.50. The highest BCUT2D eigenvalue weighted by molar-refractivity contribution is 6.76. The predicted octanol–water partition coefficient (Wildman–Crippen LogP) is 1.76. The van der Waals surface area contributed by atoms with E-state index in [1.165, 1.54) is 0 Å². The van der Waals surface area contributed by atoms with Crippen molar-refractivity contribution in [3.05, 3.63) is 0 Å². The van der Waals surface area contributed by atoms with Gasteiger partial charge < -0.3 is 10.8 Å². The number of carboxylic acids is 1. The largest absolute Gasteiger partial charge is 0.481 e. The molecule has 13 heavy (non-hydrogen) atoms. The molecule has 78 valence electrons. The molecule has 0 saturated heterocycles. The fraction of sp³-hybridized carbons (Fsp3) is 0.889. The molecule has 0 bridgehead atoms. The molecule has 3 nitrogen and oxygen atoms in total. The quantitative estimate of drug-likeness (QED) is 0.647. The number of aliphatic carboxylic acids is 1. The van der Waals surface area contributed by atoms with E-state index in [4.69, 9.17) is 10.8 Å². The van der Waals surface area contributed by atoms with E-state index in [2.05, 4.69) is 19.6 Å². The molecule has 0 aliphatic heterocycles. The number of hydrogen-bond donors (Lipinski definition) is 2. The molecule has 0 aliphatic carbocycles. The molecule has 0 aromatic carbocycles. The van der Waals surface area contributed by atoms with Crippen molar-refractivity contribution in [2.24, 2.45) is 11.7 Å². The van der Waals surface area contributed by atoms with Gasteiger partial charge in [-0.2, -0.15) is 0 Å². The van der Waals surface area contributed by atoms with Crippen LogP contribution in [0.15, 0.2) is 0 Å². The lowest BCUT2D eigenvalue weighted by Gasteiger charge is -2.18. The van der Waals surface area contributed by atoms with Crippen molar-refractivity contribution in [1.29, 1.82) is 0 Å². The van der Waals surface area contributed by atoms with Crippen LogP contribution in [0.25, 0.3) is 0 Å². The van der Waals surface area contributed by atoms with E-state index < -0.39 is 14.0 Å². The van der Waals surface area contributed by atoms with Gasteiger partial charge in [-0.3, -0.25) is 4.79 Å². The van der Waals surface area contributed by atoms with Crippen LogP contribution >= 0.6 is 0 Å². The van der Waals surface area contributed by atoms with E-state index in [9.17, 15) is 4.79 Å². The van der Waals surface area contributed by atoms with Crippen LogP contribution in [0.2, 0.25) is 25.7 Å². The molecule has 0 spiro atoms. The lowest BCUT2D eigenvalue weighted by Crippen LogP contribution is -2.24. The Bertz CT molecular complexity index is 165. The molecule has 0 saturated carbocycles. The van der Waals surface area contributed by atoms with Crippen molar-refractivity contribution in [3.63, 3.8) is 0 Å². The standard InChI is InChI=1S/C9H21NO2Si/c1-13(2,3)7-5-8(4-6-10)9(11)12/h8H,4-7,10H2,1-3H3,(H,11,12). The molecular weight excluding hydrogens is 182 g/mol. The Morgan fingerprint density at radius 2 is 1.92 bits per heavy atom. The zero-order valence-corrected chi connectivity index (χ0v) is 9.84. The SMILES string of the molecule is C[Si](C)(C)CCC(CCN)C(=O)O. The van der Waals surface area contributed by atoms with Gasteiger partial charge in [-0.15, -0.1) is 0 Å². The van der Waals surface area contributed by atoms with Gasteiger partial charge >= 0.3 is 5.97 Å². The summed E-state index contributed by atoms with van der Waals surface area (Å²) in [4.78, 5) is 10.8. The molecule has 0 aromatic rings. The van der Waals surface area contributed by atoms with Gasteiger partial charge in [0.2, 0.25) is 0 Å². The van der Waals surface area contributed by atoms with E-state index in [0.717, 1.165) is 12.5 Å². The highest BCUT2D eigenvalue weighted by Gasteiger charge is 2.20. The lowest BCUT2D eigenvalue weighted by atomic mass is 10.0. The molecule has 0 aromatic heterocycles. The monoisotopic (exact) mass is 203 g/mol. The van der Waals surface area contributed by atoms with E-state index in [0.29, 0.717) is 13.0 Å². The third-order valence-electron chi connectivity index (χ3n) is 2.11. The van der Waals surface area contributed by atoms with Gasteiger partial charge in [-0.1, -0.05) is 25.7 Å². The Morgan fingerprint density at radius 3 is 2.23 bits per heavy atom. The van der Waals surface area contributed by atoms with Gasteiger partial charge in [0.25, 0.3) is 0 Å². The smallest absolute Gasteiger partial charge is 0.306 e. The lowest BCUT2D eigenvalue weighted by molar-refractivity contribution is -0.141. The maximum Gasteiger partial charge on any atom is 0.306 e. The third-order valence-corrected chi connectivity index (χ3v) is 3.90. The average Bonchev–Trinajstić information content (AvgIpc) is 1.95. The summed E-state index contributed by atoms with van der Waals surface area (Å²) in [5, 5.41) is 8.86. The van der Waals surface area contributed by atoms with Gasteiger partial charge in [-0.25, -0.2) is 0 Å². The Kier molecular flexibility index (Phi) is 5.25. The van der Waals surface area contributed by atoms with E-state index in [1.54, 1.807) is 0 Å². The predicted molar refractivity (Wildman–Crippen MR) is 57.6 cm³/mol. The summed E-state index contributed by atoms with van der Waals surface area (Å²) >= 11 is 0. The maximum atomic E-state index is 10.8. The Balaban J connectivity index is 3.90. The van der Waals surface area contributed by atoms with Crippen molar-refractivity contribution >= 4 is 14.0 Å². The van der Waals surface area contributed by atoms with E-state index in [-0.39, 0.29) is 5.92 Å². The Labute approximate surface area is 81.3 Å². The minimum absolute atomic E-state index is 0.225. The third kappa shape index (κ3) is 6.78. The normalized spacial score (nSPS) is 14.2. The van der Waals surface area contributed by atoms with Crippen LogP contribution in [0.4, 0.5) is 0 Å². The molecule has 0 rings (SSSR count). The summed E-state index contributed by atoms with van der Waals surface area (Å²) in [6, 6.07) is 1.07. The minimum atomic E-state index is -1.10. The van der Waals surface area contributed by atoms with Gasteiger partial charge in [0.05, 0.1) is 5.92 Å². The Morgan fingerprint density at radius 1 is 1.38 bits per heavy atom. The molecule has 0 heterocycles. The summed E-state index contributed by atoms with van der Waals surface area (Å²) in [7, 11) is -1.10. The van der Waals surface area contributed by atoms with Gasteiger partial charge in [-0.05, 0) is 19.4 Å². The molecule has 3 N–H and O–H groups in total. The van der Waals surface area contributed by atoms with Crippen molar-refractivity contribution < 1.29 is 9.90 Å². The molecule has 1 atom stereocenters. The number of hydrogen-bond acceptors (Lipinski definition) is 2. The van der Waals surface area contributed by atoms with Crippen LogP contribution in [0, 0.1) is 5.92 Å². The molecule has 0 fully saturated rings. The zero-order chi connectivity index (χ0) is 10.5. The van der Waals surface area contributed by atoms with Crippen molar-refractivity contribution in [2.45, 2.75) is 38.5 Å². The first-order valence-electron chi connectivity index (χ1n) is 4.79. The van der Waals surface area contributed by atoms with Crippen molar-refractivity contribution in [1.82, 2.24) is 0 Å². The summed E-state index contributed by atoms with van der Waals surface area (Å²) in [5.74, 6) is -0.916. The van der Waals surface area contributed by atoms with E-state index in [1.807, 2.05) is 0 Å². The van der Waals surface area contributed by atoms with Gasteiger partial charge in [0.15, 0.2) is 0 Å². The molecular formula is C9H21NO2Si. The average molecular weight is 203 g/mol. The molecule has 0 aliphatic rings. The topological polar surface area (TPSA) is 63.3 Å². The molecule has 0 radical (unpaired) electrons. The summed E-state index contributed by atoms with van der Waals surface area (Å²) in [5.41, 5.74) is 5.35. The molecule has 1 unspecified atom stereocenters. The van der Waals surface area contributed by atoms with E-state index >= 15 is 0 Å². The number of nitrogens with two attached hydrogens (primary N) is 1. The summed E-state index contributed by atoms with van der Waals surface area (Å²) in [6.07, 6.45) is 1.40. The molecule has 0 amide bonds. The molecule has 4 heteroatoms. The van der Waals surface area contributed by atoms with Crippen LogP contribution in [0.5, 0.6) is 0 Å². The van der Waals surface area contributed by atoms with Crippen molar-refractivity contribution in [3.8, 4) is 0 Å². The second-order valence-corrected chi connectivity index (χ2v) is 10.3. The van der Waals surface area contributed by atoms with Gasteiger partial charge in [0, 0.05) is 8.07 Å². The summed E-state index contributed by atoms with van der Waals surface area (Å²) in [6.45, 7) is 7.25. The number of carbonyl (C=O) groups is 1. The number of rotatable bonds is 6. The number of carboxylic acid groups (broad SMARTS) is 1. The van der Waals surface area contributed by atoms with Crippen LogP contribution in [-0.2, 0) is 4.79 Å². The highest BCUT2D eigenvalue weighted by Crippen LogP contribution is 2.18. The fourth-order valence-corrected chi connectivity index (χ4v) is 2.41. The van der Waals surface area contributed by atoms with Crippen LogP contribution in [0.1, 0.15) is 12.8 Å². The van der Waals surface area contributed by atoms with Crippen LogP contribution in [-0.4, -0.2) is 25.7 Å². The Hall–Kier alpha value is -0.353. The summed E-state index contributed by atoms with van der Waals surface area (Å²) < 4.78 is 0. The first-order chi connectivity index (χ1) is 5.87. The minimum Gasteiger partial charge on any atom is -0.481 e.